The highest BCUT2D eigenvalue weighted by atomic mass is 79.9. The molecule has 130 valence electrons. The fraction of sp³-hybridized carbons (Fsp3) is 0.438. The predicted molar refractivity (Wildman–Crippen MR) is 103 cm³/mol. The second-order valence-electron chi connectivity index (χ2n) is 5.39. The molecule has 0 spiro atoms. The Morgan fingerprint density at radius 1 is 1.50 bits per heavy atom. The number of alkyl halides is 1. The van der Waals surface area contributed by atoms with Gasteiger partial charge in [0.05, 0.1) is 6.61 Å². The van der Waals surface area contributed by atoms with Crippen LogP contribution < -0.4 is 0 Å². The molecule has 0 amide bonds. The molecular formula is C16H16BrClO4S2. The van der Waals surface area contributed by atoms with E-state index < -0.39 is 22.4 Å². The number of ether oxygens (including phenoxy) is 1. The van der Waals surface area contributed by atoms with Crippen LogP contribution in [-0.4, -0.2) is 38.5 Å². The summed E-state index contributed by atoms with van der Waals surface area (Å²) >= 11 is 15.0. The molecule has 1 N–H and O–H groups in total. The summed E-state index contributed by atoms with van der Waals surface area (Å²) in [5.41, 5.74) is 1.11. The lowest BCUT2D eigenvalue weighted by Gasteiger charge is -2.27. The molecule has 1 aromatic carbocycles. The summed E-state index contributed by atoms with van der Waals surface area (Å²) in [5, 5.41) is 9.84. The predicted octanol–water partition coefficient (Wildman–Crippen LogP) is 4.63. The number of rotatable bonds is 6. The number of unbranched alkanes of at least 4 members (excludes halogenated alkanes) is 1. The van der Waals surface area contributed by atoms with Gasteiger partial charge in [-0.15, -0.1) is 11.6 Å². The second-order valence-corrected chi connectivity index (χ2v) is 8.47. The van der Waals surface area contributed by atoms with E-state index >= 15 is 0 Å². The number of carboxylic acids is 1. The molecule has 1 aliphatic carbocycles. The van der Waals surface area contributed by atoms with E-state index in [1.807, 2.05) is 0 Å². The third-order valence-electron chi connectivity index (χ3n) is 3.99. The molecule has 1 aliphatic rings. The van der Waals surface area contributed by atoms with E-state index in [0.29, 0.717) is 23.6 Å². The van der Waals surface area contributed by atoms with Gasteiger partial charge in [-0.3, -0.25) is 9.59 Å². The molecule has 0 aliphatic heterocycles. The minimum absolute atomic E-state index is 0.0658. The van der Waals surface area contributed by atoms with Crippen molar-refractivity contribution in [1.82, 2.24) is 0 Å². The van der Waals surface area contributed by atoms with Crippen LogP contribution in [0, 0.1) is 0 Å². The number of thiocarbonyl (C=S) groups is 1. The molecule has 0 aromatic heterocycles. The molecule has 0 heterocycles. The molecule has 4 nitrogen and oxygen atoms in total. The highest BCUT2D eigenvalue weighted by molar-refractivity contribution is 9.10. The Morgan fingerprint density at radius 2 is 2.21 bits per heavy atom. The molecule has 0 radical (unpaired) electrons. The minimum atomic E-state index is -1.70. The van der Waals surface area contributed by atoms with Crippen molar-refractivity contribution >= 4 is 67.6 Å². The van der Waals surface area contributed by atoms with Gasteiger partial charge in [-0.1, -0.05) is 35.0 Å². The molecule has 2 unspecified atom stereocenters. The summed E-state index contributed by atoms with van der Waals surface area (Å²) in [6.45, 7) is 2.08. The van der Waals surface area contributed by atoms with Gasteiger partial charge in [0.1, 0.15) is 0 Å². The Morgan fingerprint density at radius 3 is 2.79 bits per heavy atom. The maximum Gasteiger partial charge on any atom is 0.328 e. The maximum absolute atomic E-state index is 12.9. The number of hydrogen-bond donors (Lipinski definition) is 1. The number of hydrogen-bond acceptors (Lipinski definition) is 5. The third-order valence-corrected chi connectivity index (χ3v) is 6.63. The smallest absolute Gasteiger partial charge is 0.328 e. The standard InChI is InChI=1S/C16H16BrClO4S2/c1-9-12-10(5-4-6-11(12)17)13(19)16(9,14(20)21)24-15(23)22-8-3-2-7-18/h4-6,9H,2-3,7-8H2,1H3,(H,20,21). The first-order valence-electron chi connectivity index (χ1n) is 7.34. The van der Waals surface area contributed by atoms with Crippen LogP contribution >= 0.6 is 51.5 Å². The number of carbonyl (C=O) groups excluding carboxylic acids is 1. The van der Waals surface area contributed by atoms with Gasteiger partial charge in [-0.2, -0.15) is 0 Å². The number of ketones is 1. The Balaban J connectivity index is 2.27. The van der Waals surface area contributed by atoms with Gasteiger partial charge in [0, 0.05) is 21.8 Å². The number of carbonyl (C=O) groups is 2. The van der Waals surface area contributed by atoms with Crippen LogP contribution in [0.2, 0.25) is 0 Å². The van der Waals surface area contributed by atoms with Crippen molar-refractivity contribution in [1.29, 1.82) is 0 Å². The van der Waals surface area contributed by atoms with Gasteiger partial charge in [0.25, 0.3) is 0 Å². The molecule has 1 aromatic rings. The lowest BCUT2D eigenvalue weighted by atomic mass is 9.93. The van der Waals surface area contributed by atoms with Crippen molar-refractivity contribution in [3.63, 3.8) is 0 Å². The summed E-state index contributed by atoms with van der Waals surface area (Å²) in [7, 11) is 0. The summed E-state index contributed by atoms with van der Waals surface area (Å²) in [6, 6.07) is 5.16. The molecule has 2 rings (SSSR count). The highest BCUT2D eigenvalue weighted by Crippen LogP contribution is 2.51. The van der Waals surface area contributed by atoms with Gasteiger partial charge < -0.3 is 9.84 Å². The first-order chi connectivity index (χ1) is 11.4. The number of aliphatic carboxylic acids is 1. The van der Waals surface area contributed by atoms with Crippen LogP contribution in [0.3, 0.4) is 0 Å². The van der Waals surface area contributed by atoms with Crippen molar-refractivity contribution < 1.29 is 19.4 Å². The van der Waals surface area contributed by atoms with Crippen molar-refractivity contribution in [3.8, 4) is 0 Å². The zero-order valence-electron chi connectivity index (χ0n) is 12.9. The van der Waals surface area contributed by atoms with E-state index in [-0.39, 0.29) is 4.38 Å². The third kappa shape index (κ3) is 3.49. The van der Waals surface area contributed by atoms with Crippen LogP contribution in [0.25, 0.3) is 0 Å². The first-order valence-corrected chi connectivity index (χ1v) is 9.89. The zero-order valence-corrected chi connectivity index (χ0v) is 16.9. The Hall–Kier alpha value is -0.630. The fourth-order valence-electron chi connectivity index (χ4n) is 2.75. The SMILES string of the molecule is CC1c2c(Br)cccc2C(=O)C1(SC(=S)OCCCCCl)C(=O)O. The molecule has 0 saturated carbocycles. The molecule has 8 heteroatoms. The van der Waals surface area contributed by atoms with E-state index in [2.05, 4.69) is 15.9 Å². The number of fused-ring (bicyclic) bond motifs is 1. The van der Waals surface area contributed by atoms with Gasteiger partial charge in [0.2, 0.25) is 4.38 Å². The lowest BCUT2D eigenvalue weighted by Crippen LogP contribution is -2.44. The molecule has 2 atom stereocenters. The van der Waals surface area contributed by atoms with E-state index in [4.69, 9.17) is 28.6 Å². The summed E-state index contributed by atoms with van der Waals surface area (Å²) in [5.74, 6) is -1.67. The van der Waals surface area contributed by atoms with Crippen LogP contribution in [0.4, 0.5) is 0 Å². The number of thioether (sulfide) groups is 1. The van der Waals surface area contributed by atoms with Crippen molar-refractivity contribution in [3.05, 3.63) is 33.8 Å². The average Bonchev–Trinajstić information content (AvgIpc) is 2.75. The van der Waals surface area contributed by atoms with E-state index in [1.165, 1.54) is 0 Å². The Labute approximate surface area is 163 Å². The van der Waals surface area contributed by atoms with E-state index in [0.717, 1.165) is 29.1 Å². The zero-order chi connectivity index (χ0) is 17.9. The van der Waals surface area contributed by atoms with Crippen LogP contribution in [-0.2, 0) is 9.53 Å². The highest BCUT2D eigenvalue weighted by Gasteiger charge is 2.59. The second kappa shape index (κ2) is 8.17. The van der Waals surface area contributed by atoms with Crippen LogP contribution in [0.1, 0.15) is 41.6 Å². The summed E-state index contributed by atoms with van der Waals surface area (Å²) in [6.07, 6.45) is 1.51. The monoisotopic (exact) mass is 450 g/mol. The Kier molecular flexibility index (Phi) is 6.70. The Bertz CT molecular complexity index is 682. The maximum atomic E-state index is 12.9. The number of halogens is 2. The number of carboxylic acid groups (broad SMARTS) is 1. The van der Waals surface area contributed by atoms with Crippen molar-refractivity contribution in [2.24, 2.45) is 0 Å². The van der Waals surface area contributed by atoms with Gasteiger partial charge >= 0.3 is 5.97 Å². The van der Waals surface area contributed by atoms with Gasteiger partial charge in [-0.05, 0) is 48.5 Å². The quantitative estimate of drug-likeness (QED) is 0.294. The number of benzene rings is 1. The van der Waals surface area contributed by atoms with Gasteiger partial charge in [0.15, 0.2) is 10.5 Å². The van der Waals surface area contributed by atoms with Crippen molar-refractivity contribution in [2.45, 2.75) is 30.4 Å². The number of Topliss-reactive ketones (excluding diaryl/α,β-unsaturated/α-hetero) is 1. The van der Waals surface area contributed by atoms with Crippen LogP contribution in [0.5, 0.6) is 0 Å². The molecule has 0 fully saturated rings. The normalized spacial score (nSPS) is 22.3. The molecule has 0 bridgehead atoms. The molecular weight excluding hydrogens is 436 g/mol. The summed E-state index contributed by atoms with van der Waals surface area (Å²) in [4.78, 5) is 24.9. The molecule has 24 heavy (non-hydrogen) atoms. The molecule has 0 saturated heterocycles. The van der Waals surface area contributed by atoms with Crippen LogP contribution in [0.15, 0.2) is 22.7 Å². The van der Waals surface area contributed by atoms with E-state index in [1.54, 1.807) is 25.1 Å². The van der Waals surface area contributed by atoms with E-state index in [9.17, 15) is 14.7 Å². The topological polar surface area (TPSA) is 63.6 Å². The average molecular weight is 452 g/mol. The first kappa shape index (κ1) is 19.7. The minimum Gasteiger partial charge on any atom is -0.480 e. The van der Waals surface area contributed by atoms with Crippen molar-refractivity contribution in [2.75, 3.05) is 12.5 Å². The largest absolute Gasteiger partial charge is 0.480 e. The van der Waals surface area contributed by atoms with Gasteiger partial charge in [-0.25, -0.2) is 0 Å². The fourth-order valence-corrected chi connectivity index (χ4v) is 5.11. The lowest BCUT2D eigenvalue weighted by molar-refractivity contribution is -0.138. The summed E-state index contributed by atoms with van der Waals surface area (Å²) < 4.78 is 4.50.